The molecule has 2 aromatic rings. The molecule has 1 atom stereocenters. The van der Waals surface area contributed by atoms with Crippen molar-refractivity contribution in [1.29, 1.82) is 0 Å². The lowest BCUT2D eigenvalue weighted by atomic mass is 9.99. The van der Waals surface area contributed by atoms with Crippen molar-refractivity contribution in [3.05, 3.63) is 42.1 Å². The van der Waals surface area contributed by atoms with E-state index < -0.39 is 9.84 Å². The summed E-state index contributed by atoms with van der Waals surface area (Å²) in [6, 6.07) is 9.95. The average Bonchev–Trinajstić information content (AvgIpc) is 2.42. The standard InChI is InChI=1S/C15H20N2O2S/c1-3-16-15(9-11-20(2,18)19)12-6-4-8-14-13(12)7-5-10-17-14/h4-8,10,15-16H,3,9,11H2,1-2H3. The number of nitrogens with one attached hydrogen (secondary N) is 1. The van der Waals surface area contributed by atoms with Gasteiger partial charge in [0.05, 0.1) is 11.3 Å². The first-order valence-corrected chi connectivity index (χ1v) is 8.82. The van der Waals surface area contributed by atoms with E-state index in [4.69, 9.17) is 0 Å². The van der Waals surface area contributed by atoms with Gasteiger partial charge in [-0.3, -0.25) is 4.98 Å². The lowest BCUT2D eigenvalue weighted by molar-refractivity contribution is 0.532. The van der Waals surface area contributed by atoms with E-state index >= 15 is 0 Å². The van der Waals surface area contributed by atoms with E-state index in [0.717, 1.165) is 23.0 Å². The summed E-state index contributed by atoms with van der Waals surface area (Å²) in [5.74, 6) is 0.182. The van der Waals surface area contributed by atoms with Gasteiger partial charge in [-0.2, -0.15) is 0 Å². The molecule has 108 valence electrons. The van der Waals surface area contributed by atoms with Crippen molar-refractivity contribution in [1.82, 2.24) is 10.3 Å². The third kappa shape index (κ3) is 3.77. The van der Waals surface area contributed by atoms with Crippen molar-refractivity contribution in [2.24, 2.45) is 0 Å². The lowest BCUT2D eigenvalue weighted by Gasteiger charge is -2.19. The van der Waals surface area contributed by atoms with Gasteiger partial charge in [-0.05, 0) is 30.7 Å². The molecule has 0 saturated carbocycles. The number of nitrogens with zero attached hydrogens (tertiary/aromatic N) is 1. The Morgan fingerprint density at radius 2 is 2.05 bits per heavy atom. The van der Waals surface area contributed by atoms with Crippen molar-refractivity contribution in [3.63, 3.8) is 0 Å². The molecule has 0 radical (unpaired) electrons. The van der Waals surface area contributed by atoms with E-state index in [-0.39, 0.29) is 11.8 Å². The van der Waals surface area contributed by atoms with E-state index in [2.05, 4.69) is 10.3 Å². The van der Waals surface area contributed by atoms with Crippen LogP contribution < -0.4 is 5.32 Å². The smallest absolute Gasteiger partial charge is 0.147 e. The molecule has 0 aliphatic carbocycles. The molecule has 0 aliphatic heterocycles. The van der Waals surface area contributed by atoms with Crippen LogP contribution in [0.5, 0.6) is 0 Å². The number of hydrogen-bond donors (Lipinski definition) is 1. The van der Waals surface area contributed by atoms with Crippen LogP contribution in [0.3, 0.4) is 0 Å². The second-order valence-electron chi connectivity index (χ2n) is 4.95. The van der Waals surface area contributed by atoms with E-state index in [9.17, 15) is 8.42 Å². The van der Waals surface area contributed by atoms with Gasteiger partial charge in [0.15, 0.2) is 0 Å². The monoisotopic (exact) mass is 292 g/mol. The van der Waals surface area contributed by atoms with Gasteiger partial charge in [0, 0.05) is 23.9 Å². The highest BCUT2D eigenvalue weighted by atomic mass is 32.2. The normalized spacial score (nSPS) is 13.5. The van der Waals surface area contributed by atoms with Gasteiger partial charge in [0.25, 0.3) is 0 Å². The molecule has 2 rings (SSSR count). The molecule has 0 spiro atoms. The predicted molar refractivity (Wildman–Crippen MR) is 82.5 cm³/mol. The van der Waals surface area contributed by atoms with Crippen LogP contribution in [0.1, 0.15) is 24.9 Å². The minimum atomic E-state index is -2.95. The Balaban J connectivity index is 2.36. The summed E-state index contributed by atoms with van der Waals surface area (Å²) in [6.07, 6.45) is 3.62. The molecular weight excluding hydrogens is 272 g/mol. The van der Waals surface area contributed by atoms with Crippen LogP contribution in [0.25, 0.3) is 10.9 Å². The lowest BCUT2D eigenvalue weighted by Crippen LogP contribution is -2.23. The molecule has 0 fully saturated rings. The predicted octanol–water partition coefficient (Wildman–Crippen LogP) is 2.32. The van der Waals surface area contributed by atoms with Crippen LogP contribution >= 0.6 is 0 Å². The van der Waals surface area contributed by atoms with Crippen LogP contribution in [0.15, 0.2) is 36.5 Å². The first-order valence-electron chi connectivity index (χ1n) is 6.76. The molecule has 1 heterocycles. The number of sulfone groups is 1. The second kappa shape index (κ2) is 6.33. The van der Waals surface area contributed by atoms with Crippen molar-refractivity contribution in [3.8, 4) is 0 Å². The number of hydrogen-bond acceptors (Lipinski definition) is 4. The highest BCUT2D eigenvalue weighted by molar-refractivity contribution is 7.90. The van der Waals surface area contributed by atoms with Gasteiger partial charge in [0.2, 0.25) is 0 Å². The maximum atomic E-state index is 11.4. The number of benzene rings is 1. The summed E-state index contributed by atoms with van der Waals surface area (Å²) >= 11 is 0. The molecule has 20 heavy (non-hydrogen) atoms. The Labute approximate surface area is 120 Å². The summed E-state index contributed by atoms with van der Waals surface area (Å²) in [6.45, 7) is 2.82. The Hall–Kier alpha value is -1.46. The van der Waals surface area contributed by atoms with Crippen molar-refractivity contribution in [2.45, 2.75) is 19.4 Å². The second-order valence-corrected chi connectivity index (χ2v) is 7.21. The fourth-order valence-corrected chi connectivity index (χ4v) is 3.04. The number of rotatable bonds is 6. The van der Waals surface area contributed by atoms with E-state index in [1.54, 1.807) is 6.20 Å². The van der Waals surface area contributed by atoms with Gasteiger partial charge >= 0.3 is 0 Å². The zero-order valence-electron chi connectivity index (χ0n) is 11.8. The fraction of sp³-hybridized carbons (Fsp3) is 0.400. The number of pyridine rings is 1. The van der Waals surface area contributed by atoms with Gasteiger partial charge in [-0.1, -0.05) is 25.1 Å². The summed E-state index contributed by atoms with van der Waals surface area (Å²) in [5, 5.41) is 4.45. The fourth-order valence-electron chi connectivity index (χ4n) is 2.38. The molecule has 4 nitrogen and oxygen atoms in total. The SMILES string of the molecule is CCNC(CCS(C)(=O)=O)c1cccc2ncccc12. The van der Waals surface area contributed by atoms with Gasteiger partial charge in [-0.25, -0.2) is 8.42 Å². The maximum absolute atomic E-state index is 11.4. The Kier molecular flexibility index (Phi) is 4.73. The molecule has 0 bridgehead atoms. The van der Waals surface area contributed by atoms with E-state index in [1.165, 1.54) is 6.26 Å². The largest absolute Gasteiger partial charge is 0.310 e. The first kappa shape index (κ1) is 14.9. The maximum Gasteiger partial charge on any atom is 0.147 e. The van der Waals surface area contributed by atoms with E-state index in [0.29, 0.717) is 6.42 Å². The van der Waals surface area contributed by atoms with Crippen molar-refractivity contribution >= 4 is 20.7 Å². The van der Waals surface area contributed by atoms with Gasteiger partial charge < -0.3 is 5.32 Å². The average molecular weight is 292 g/mol. The van der Waals surface area contributed by atoms with Gasteiger partial charge in [-0.15, -0.1) is 0 Å². The molecular formula is C15H20N2O2S. The zero-order valence-corrected chi connectivity index (χ0v) is 12.7. The van der Waals surface area contributed by atoms with Crippen molar-refractivity contribution in [2.75, 3.05) is 18.6 Å². The Morgan fingerprint density at radius 1 is 1.25 bits per heavy atom. The minimum absolute atomic E-state index is 0.0302. The molecule has 1 unspecified atom stereocenters. The highest BCUT2D eigenvalue weighted by Gasteiger charge is 2.15. The van der Waals surface area contributed by atoms with Crippen LogP contribution in [-0.4, -0.2) is 32.0 Å². The first-order chi connectivity index (χ1) is 9.51. The minimum Gasteiger partial charge on any atom is -0.310 e. The van der Waals surface area contributed by atoms with Crippen molar-refractivity contribution < 1.29 is 8.42 Å². The summed E-state index contributed by atoms with van der Waals surface area (Å²) < 4.78 is 22.8. The quantitative estimate of drug-likeness (QED) is 0.887. The van der Waals surface area contributed by atoms with Crippen LogP contribution in [0, 0.1) is 0 Å². The van der Waals surface area contributed by atoms with Crippen LogP contribution in [0.2, 0.25) is 0 Å². The molecule has 0 aliphatic rings. The molecule has 5 heteroatoms. The topological polar surface area (TPSA) is 59.1 Å². The van der Waals surface area contributed by atoms with E-state index in [1.807, 2.05) is 37.3 Å². The molecule has 1 N–H and O–H groups in total. The van der Waals surface area contributed by atoms with Crippen LogP contribution in [-0.2, 0) is 9.84 Å². The van der Waals surface area contributed by atoms with Crippen LogP contribution in [0.4, 0.5) is 0 Å². The zero-order chi connectivity index (χ0) is 14.6. The number of aromatic nitrogens is 1. The molecule has 0 amide bonds. The molecule has 1 aromatic heterocycles. The Bertz CT molecular complexity index is 678. The summed E-state index contributed by atoms with van der Waals surface area (Å²) in [7, 11) is -2.95. The molecule has 1 aromatic carbocycles. The molecule has 0 saturated heterocycles. The Morgan fingerprint density at radius 3 is 2.75 bits per heavy atom. The summed E-state index contributed by atoms with van der Waals surface area (Å²) in [5.41, 5.74) is 2.05. The summed E-state index contributed by atoms with van der Waals surface area (Å²) in [4.78, 5) is 4.35. The third-order valence-electron chi connectivity index (χ3n) is 3.28. The highest BCUT2D eigenvalue weighted by Crippen LogP contribution is 2.25. The van der Waals surface area contributed by atoms with Gasteiger partial charge in [0.1, 0.15) is 9.84 Å². The number of fused-ring (bicyclic) bond motifs is 1. The third-order valence-corrected chi connectivity index (χ3v) is 4.26.